The largest absolute Gasteiger partial charge is 0.377 e. The minimum Gasteiger partial charge on any atom is -0.377 e. The predicted molar refractivity (Wildman–Crippen MR) is 75.7 cm³/mol. The Balaban J connectivity index is 2.03. The van der Waals surface area contributed by atoms with Gasteiger partial charge in [-0.15, -0.1) is 0 Å². The normalized spacial score (nSPS) is 18.3. The van der Waals surface area contributed by atoms with E-state index in [2.05, 4.69) is 19.2 Å². The molecule has 0 saturated heterocycles. The quantitative estimate of drug-likeness (QED) is 0.779. The molecule has 2 atom stereocenters. The van der Waals surface area contributed by atoms with Crippen LogP contribution in [0.15, 0.2) is 24.3 Å². The summed E-state index contributed by atoms with van der Waals surface area (Å²) in [7, 11) is 0. The van der Waals surface area contributed by atoms with Crippen LogP contribution in [0, 0.1) is 11.7 Å². The van der Waals surface area contributed by atoms with E-state index in [0.717, 1.165) is 25.1 Å². The molecule has 1 N–H and O–H groups in total. The molecule has 0 amide bonds. The van der Waals surface area contributed by atoms with Crippen molar-refractivity contribution in [2.75, 3.05) is 13.2 Å². The summed E-state index contributed by atoms with van der Waals surface area (Å²) in [5.74, 6) is 0.525. The van der Waals surface area contributed by atoms with Crippen molar-refractivity contribution in [1.29, 1.82) is 0 Å². The first kappa shape index (κ1) is 14.5. The summed E-state index contributed by atoms with van der Waals surface area (Å²) < 4.78 is 18.9. The van der Waals surface area contributed by atoms with Crippen LogP contribution in [0.3, 0.4) is 0 Å². The maximum Gasteiger partial charge on any atom is 0.123 e. The lowest BCUT2D eigenvalue weighted by Crippen LogP contribution is -2.44. The Hall–Kier alpha value is -0.930. The number of hydrogen-bond donors (Lipinski definition) is 1. The summed E-state index contributed by atoms with van der Waals surface area (Å²) in [5, 5.41) is 3.53. The van der Waals surface area contributed by atoms with Crippen molar-refractivity contribution in [3.63, 3.8) is 0 Å². The fraction of sp³-hybridized carbons (Fsp3) is 0.625. The summed E-state index contributed by atoms with van der Waals surface area (Å²) >= 11 is 0. The molecule has 2 rings (SSSR count). The number of benzene rings is 1. The molecule has 1 fully saturated rings. The smallest absolute Gasteiger partial charge is 0.123 e. The number of likely N-dealkylation sites (N-methyl/N-ethyl adjacent to an activating group) is 1. The SMILES string of the molecule is CCNC(Cc1ccc(F)cc1)C(OCC)C1CC1. The Morgan fingerprint density at radius 2 is 1.95 bits per heavy atom. The van der Waals surface area contributed by atoms with Crippen LogP contribution in [0.4, 0.5) is 4.39 Å². The van der Waals surface area contributed by atoms with Crippen LogP contribution in [0.1, 0.15) is 32.3 Å². The highest BCUT2D eigenvalue weighted by Crippen LogP contribution is 2.36. The van der Waals surface area contributed by atoms with Gasteiger partial charge < -0.3 is 10.1 Å². The molecule has 0 spiro atoms. The molecule has 1 aromatic rings. The first-order valence-corrected chi connectivity index (χ1v) is 7.34. The van der Waals surface area contributed by atoms with Gasteiger partial charge in [-0.2, -0.15) is 0 Å². The minimum atomic E-state index is -0.174. The molecule has 1 aromatic carbocycles. The van der Waals surface area contributed by atoms with Crippen molar-refractivity contribution in [3.8, 4) is 0 Å². The molecular weight excluding hydrogens is 241 g/mol. The van der Waals surface area contributed by atoms with Crippen LogP contribution in [0.2, 0.25) is 0 Å². The standard InChI is InChI=1S/C16H24FNO/c1-3-18-15(16(19-4-2)13-7-8-13)11-12-5-9-14(17)10-6-12/h5-6,9-10,13,15-16,18H,3-4,7-8,11H2,1-2H3. The van der Waals surface area contributed by atoms with Crippen LogP contribution in [-0.2, 0) is 11.2 Å². The van der Waals surface area contributed by atoms with Crippen molar-refractivity contribution in [1.82, 2.24) is 5.32 Å². The summed E-state index contributed by atoms with van der Waals surface area (Å²) in [4.78, 5) is 0. The zero-order valence-corrected chi connectivity index (χ0v) is 11.9. The van der Waals surface area contributed by atoms with Gasteiger partial charge in [0.05, 0.1) is 6.10 Å². The van der Waals surface area contributed by atoms with Gasteiger partial charge in [-0.05, 0) is 56.3 Å². The van der Waals surface area contributed by atoms with Crippen LogP contribution < -0.4 is 5.32 Å². The molecule has 0 bridgehead atoms. The number of hydrogen-bond acceptors (Lipinski definition) is 2. The molecule has 0 heterocycles. The van der Waals surface area contributed by atoms with Crippen LogP contribution in [-0.4, -0.2) is 25.3 Å². The van der Waals surface area contributed by atoms with Gasteiger partial charge in [-0.3, -0.25) is 0 Å². The van der Waals surface area contributed by atoms with E-state index >= 15 is 0 Å². The van der Waals surface area contributed by atoms with E-state index in [-0.39, 0.29) is 11.9 Å². The van der Waals surface area contributed by atoms with E-state index in [4.69, 9.17) is 4.74 Å². The van der Waals surface area contributed by atoms with E-state index < -0.39 is 0 Å². The Labute approximate surface area is 115 Å². The molecule has 2 nitrogen and oxygen atoms in total. The Morgan fingerprint density at radius 1 is 1.26 bits per heavy atom. The van der Waals surface area contributed by atoms with Crippen LogP contribution >= 0.6 is 0 Å². The average Bonchev–Trinajstić information content (AvgIpc) is 3.22. The van der Waals surface area contributed by atoms with Gasteiger partial charge in [-0.25, -0.2) is 4.39 Å². The van der Waals surface area contributed by atoms with E-state index in [1.54, 1.807) is 0 Å². The molecule has 0 aromatic heterocycles. The van der Waals surface area contributed by atoms with Gasteiger partial charge in [0, 0.05) is 12.6 Å². The van der Waals surface area contributed by atoms with Crippen molar-refractivity contribution >= 4 is 0 Å². The summed E-state index contributed by atoms with van der Waals surface area (Å²) in [6, 6.07) is 7.13. The third kappa shape index (κ3) is 4.29. The number of rotatable bonds is 8. The Bertz CT molecular complexity index is 375. The van der Waals surface area contributed by atoms with Crippen LogP contribution in [0.5, 0.6) is 0 Å². The topological polar surface area (TPSA) is 21.3 Å². The zero-order valence-electron chi connectivity index (χ0n) is 11.9. The molecule has 0 radical (unpaired) electrons. The summed E-state index contributed by atoms with van der Waals surface area (Å²) in [6.07, 6.45) is 3.73. The summed E-state index contributed by atoms with van der Waals surface area (Å²) in [6.45, 7) is 5.86. The third-order valence-electron chi connectivity index (χ3n) is 3.68. The molecule has 19 heavy (non-hydrogen) atoms. The maximum absolute atomic E-state index is 12.9. The first-order valence-electron chi connectivity index (χ1n) is 7.34. The van der Waals surface area contributed by atoms with Crippen LogP contribution in [0.25, 0.3) is 0 Å². The fourth-order valence-electron chi connectivity index (χ4n) is 2.64. The lowest BCUT2D eigenvalue weighted by molar-refractivity contribution is 0.0196. The molecule has 1 saturated carbocycles. The predicted octanol–water partition coefficient (Wildman–Crippen LogP) is 3.16. The number of halogens is 1. The van der Waals surface area contributed by atoms with Gasteiger partial charge >= 0.3 is 0 Å². The maximum atomic E-state index is 12.9. The molecule has 3 heteroatoms. The van der Waals surface area contributed by atoms with Crippen molar-refractivity contribution in [2.45, 2.75) is 45.3 Å². The Morgan fingerprint density at radius 3 is 2.47 bits per heavy atom. The van der Waals surface area contributed by atoms with Gasteiger partial charge in [0.15, 0.2) is 0 Å². The second kappa shape index (κ2) is 7.01. The van der Waals surface area contributed by atoms with E-state index in [1.165, 1.54) is 25.0 Å². The number of nitrogens with one attached hydrogen (secondary N) is 1. The molecule has 0 aliphatic heterocycles. The van der Waals surface area contributed by atoms with Crippen molar-refractivity contribution < 1.29 is 9.13 Å². The molecule has 2 unspecified atom stereocenters. The van der Waals surface area contributed by atoms with Gasteiger partial charge in [-0.1, -0.05) is 19.1 Å². The van der Waals surface area contributed by atoms with E-state index in [1.807, 2.05) is 12.1 Å². The van der Waals surface area contributed by atoms with E-state index in [9.17, 15) is 4.39 Å². The summed E-state index contributed by atoms with van der Waals surface area (Å²) in [5.41, 5.74) is 1.16. The van der Waals surface area contributed by atoms with Gasteiger partial charge in [0.2, 0.25) is 0 Å². The van der Waals surface area contributed by atoms with Gasteiger partial charge in [0.1, 0.15) is 5.82 Å². The molecule has 1 aliphatic rings. The first-order chi connectivity index (χ1) is 9.24. The molecular formula is C16H24FNO. The lowest BCUT2D eigenvalue weighted by atomic mass is 9.98. The van der Waals surface area contributed by atoms with E-state index in [0.29, 0.717) is 12.0 Å². The van der Waals surface area contributed by atoms with Crippen molar-refractivity contribution in [3.05, 3.63) is 35.6 Å². The highest BCUT2D eigenvalue weighted by atomic mass is 19.1. The average molecular weight is 265 g/mol. The Kier molecular flexibility index (Phi) is 5.34. The third-order valence-corrected chi connectivity index (χ3v) is 3.68. The monoisotopic (exact) mass is 265 g/mol. The van der Waals surface area contributed by atoms with Gasteiger partial charge in [0.25, 0.3) is 0 Å². The molecule has 106 valence electrons. The molecule has 1 aliphatic carbocycles. The lowest BCUT2D eigenvalue weighted by Gasteiger charge is -2.28. The fourth-order valence-corrected chi connectivity index (χ4v) is 2.64. The minimum absolute atomic E-state index is 0.174. The zero-order chi connectivity index (χ0) is 13.7. The highest BCUT2D eigenvalue weighted by molar-refractivity contribution is 5.18. The van der Waals surface area contributed by atoms with Crippen molar-refractivity contribution in [2.24, 2.45) is 5.92 Å². The number of ether oxygens (including phenoxy) is 1. The second-order valence-corrected chi connectivity index (χ2v) is 5.25. The second-order valence-electron chi connectivity index (χ2n) is 5.25. The highest BCUT2D eigenvalue weighted by Gasteiger charge is 2.36.